The van der Waals surface area contributed by atoms with Crippen LogP contribution in [0.3, 0.4) is 0 Å². The van der Waals surface area contributed by atoms with E-state index in [0.29, 0.717) is 13.0 Å². The number of amides is 1. The van der Waals surface area contributed by atoms with E-state index in [4.69, 9.17) is 9.84 Å². The average Bonchev–Trinajstić information content (AvgIpc) is 2.01. The van der Waals surface area contributed by atoms with Crippen LogP contribution in [-0.2, 0) is 4.74 Å². The van der Waals surface area contributed by atoms with E-state index in [-0.39, 0.29) is 18.8 Å². The summed E-state index contributed by atoms with van der Waals surface area (Å²) in [4.78, 5) is 10.6. The minimum absolute atomic E-state index is 0.0101. The van der Waals surface area contributed by atoms with Crippen molar-refractivity contribution in [3.05, 3.63) is 0 Å². The molecular weight excluding hydrogens is 146 g/mol. The number of carbonyl (C=O) groups excluding carboxylic acids is 1. The van der Waals surface area contributed by atoms with Crippen LogP contribution in [0.25, 0.3) is 0 Å². The second-order valence-corrected chi connectivity index (χ2v) is 2.61. The molecule has 0 aliphatic carbocycles. The Labute approximate surface area is 65.5 Å². The van der Waals surface area contributed by atoms with Crippen LogP contribution in [-0.4, -0.2) is 30.5 Å². The zero-order valence-electron chi connectivity index (χ0n) is 6.38. The third-order valence-electron chi connectivity index (χ3n) is 1.69. The van der Waals surface area contributed by atoms with Gasteiger partial charge in [0.25, 0.3) is 0 Å². The van der Waals surface area contributed by atoms with E-state index < -0.39 is 0 Å². The SMILES string of the molecule is O=C1NCCC(CCCO)O1. The molecule has 2 N–H and O–H groups in total. The summed E-state index contributed by atoms with van der Waals surface area (Å²) in [5.41, 5.74) is 0. The maximum absolute atomic E-state index is 10.6. The molecule has 1 fully saturated rings. The van der Waals surface area contributed by atoms with Crippen LogP contribution < -0.4 is 5.32 Å². The molecular formula is C7H13NO3. The minimum Gasteiger partial charge on any atom is -0.446 e. The molecule has 0 saturated carbocycles. The lowest BCUT2D eigenvalue weighted by atomic mass is 10.1. The van der Waals surface area contributed by atoms with Crippen molar-refractivity contribution in [3.63, 3.8) is 0 Å². The van der Waals surface area contributed by atoms with Crippen molar-refractivity contribution in [3.8, 4) is 0 Å². The number of ether oxygens (including phenoxy) is 1. The van der Waals surface area contributed by atoms with Gasteiger partial charge in [-0.15, -0.1) is 0 Å². The van der Waals surface area contributed by atoms with Gasteiger partial charge in [-0.3, -0.25) is 0 Å². The van der Waals surface area contributed by atoms with Gasteiger partial charge in [-0.1, -0.05) is 0 Å². The summed E-state index contributed by atoms with van der Waals surface area (Å²) in [6.07, 6.45) is 2.00. The van der Waals surface area contributed by atoms with Crippen LogP contribution in [0.15, 0.2) is 0 Å². The Bertz CT molecular complexity index is 138. The monoisotopic (exact) mass is 159 g/mol. The molecule has 1 saturated heterocycles. The summed E-state index contributed by atoms with van der Waals surface area (Å²) in [6.45, 7) is 0.858. The lowest BCUT2D eigenvalue weighted by molar-refractivity contribution is 0.0649. The molecule has 4 heteroatoms. The van der Waals surface area contributed by atoms with Gasteiger partial charge in [-0.25, -0.2) is 4.79 Å². The number of rotatable bonds is 3. The topological polar surface area (TPSA) is 58.6 Å². The fourth-order valence-electron chi connectivity index (χ4n) is 1.11. The van der Waals surface area contributed by atoms with Gasteiger partial charge < -0.3 is 15.2 Å². The smallest absolute Gasteiger partial charge is 0.407 e. The fraction of sp³-hybridized carbons (Fsp3) is 0.857. The maximum Gasteiger partial charge on any atom is 0.407 e. The molecule has 4 nitrogen and oxygen atoms in total. The molecule has 1 heterocycles. The highest BCUT2D eigenvalue weighted by atomic mass is 16.6. The molecule has 0 aromatic carbocycles. The van der Waals surface area contributed by atoms with Gasteiger partial charge in [0.2, 0.25) is 0 Å². The van der Waals surface area contributed by atoms with Crippen molar-refractivity contribution in [1.29, 1.82) is 0 Å². The minimum atomic E-state index is -0.334. The number of aliphatic hydroxyl groups is 1. The summed E-state index contributed by atoms with van der Waals surface area (Å²) >= 11 is 0. The van der Waals surface area contributed by atoms with Crippen LogP contribution in [0.2, 0.25) is 0 Å². The first-order valence-corrected chi connectivity index (χ1v) is 3.88. The number of nitrogens with one attached hydrogen (secondary N) is 1. The van der Waals surface area contributed by atoms with Crippen LogP contribution in [0.1, 0.15) is 19.3 Å². The lowest BCUT2D eigenvalue weighted by Gasteiger charge is -2.22. The Balaban J connectivity index is 2.17. The Hall–Kier alpha value is -0.770. The number of cyclic esters (lactones) is 1. The van der Waals surface area contributed by atoms with Crippen molar-refractivity contribution < 1.29 is 14.6 Å². The van der Waals surface area contributed by atoms with E-state index in [0.717, 1.165) is 12.8 Å². The summed E-state index contributed by atoms with van der Waals surface area (Å²) in [6, 6.07) is 0. The molecule has 1 amide bonds. The second-order valence-electron chi connectivity index (χ2n) is 2.61. The molecule has 1 rings (SSSR count). The number of alkyl carbamates (subject to hydrolysis) is 1. The van der Waals surface area contributed by atoms with E-state index >= 15 is 0 Å². The zero-order chi connectivity index (χ0) is 8.10. The molecule has 0 spiro atoms. The normalized spacial score (nSPS) is 24.1. The predicted octanol–water partition coefficient (Wildman–Crippen LogP) is 0.257. The number of hydrogen-bond acceptors (Lipinski definition) is 3. The van der Waals surface area contributed by atoms with Gasteiger partial charge in [0.15, 0.2) is 0 Å². The van der Waals surface area contributed by atoms with E-state index in [1.54, 1.807) is 0 Å². The first kappa shape index (κ1) is 8.33. The molecule has 1 atom stereocenters. The Morgan fingerprint density at radius 3 is 3.18 bits per heavy atom. The van der Waals surface area contributed by atoms with Crippen LogP contribution >= 0.6 is 0 Å². The zero-order valence-corrected chi connectivity index (χ0v) is 6.38. The lowest BCUT2D eigenvalue weighted by Crippen LogP contribution is -2.37. The van der Waals surface area contributed by atoms with Crippen molar-refractivity contribution in [1.82, 2.24) is 5.32 Å². The van der Waals surface area contributed by atoms with E-state index in [1.165, 1.54) is 0 Å². The maximum atomic E-state index is 10.6. The Morgan fingerprint density at radius 1 is 1.73 bits per heavy atom. The van der Waals surface area contributed by atoms with Crippen LogP contribution in [0, 0.1) is 0 Å². The molecule has 1 aliphatic heterocycles. The molecule has 64 valence electrons. The summed E-state index contributed by atoms with van der Waals surface area (Å²) in [5.74, 6) is 0. The molecule has 0 aromatic heterocycles. The number of aliphatic hydroxyl groups excluding tert-OH is 1. The predicted molar refractivity (Wildman–Crippen MR) is 39.2 cm³/mol. The third-order valence-corrected chi connectivity index (χ3v) is 1.69. The average molecular weight is 159 g/mol. The quantitative estimate of drug-likeness (QED) is 0.621. The second kappa shape index (κ2) is 4.18. The number of hydrogen-bond donors (Lipinski definition) is 2. The summed E-state index contributed by atoms with van der Waals surface area (Å²) in [5, 5.41) is 11.1. The summed E-state index contributed by atoms with van der Waals surface area (Å²) < 4.78 is 4.93. The highest BCUT2D eigenvalue weighted by molar-refractivity contribution is 5.67. The molecule has 1 unspecified atom stereocenters. The fourth-order valence-corrected chi connectivity index (χ4v) is 1.11. The van der Waals surface area contributed by atoms with E-state index in [9.17, 15) is 4.79 Å². The third kappa shape index (κ3) is 2.76. The first-order valence-electron chi connectivity index (χ1n) is 3.88. The van der Waals surface area contributed by atoms with Gasteiger partial charge in [0, 0.05) is 19.6 Å². The van der Waals surface area contributed by atoms with Gasteiger partial charge in [0.1, 0.15) is 6.10 Å². The van der Waals surface area contributed by atoms with Crippen molar-refractivity contribution in [2.45, 2.75) is 25.4 Å². The molecule has 0 bridgehead atoms. The molecule has 0 radical (unpaired) electrons. The largest absolute Gasteiger partial charge is 0.446 e. The number of carbonyl (C=O) groups is 1. The Morgan fingerprint density at radius 2 is 2.55 bits per heavy atom. The van der Waals surface area contributed by atoms with E-state index in [1.807, 2.05) is 0 Å². The van der Waals surface area contributed by atoms with Crippen LogP contribution in [0.5, 0.6) is 0 Å². The van der Waals surface area contributed by atoms with E-state index in [2.05, 4.69) is 5.32 Å². The standard InChI is InChI=1S/C7H13NO3/c9-5-1-2-6-3-4-8-7(10)11-6/h6,9H,1-5H2,(H,8,10). The summed E-state index contributed by atoms with van der Waals surface area (Å²) in [7, 11) is 0. The highest BCUT2D eigenvalue weighted by Gasteiger charge is 2.18. The van der Waals surface area contributed by atoms with Gasteiger partial charge in [-0.2, -0.15) is 0 Å². The van der Waals surface area contributed by atoms with Gasteiger partial charge in [0.05, 0.1) is 0 Å². The highest BCUT2D eigenvalue weighted by Crippen LogP contribution is 2.09. The van der Waals surface area contributed by atoms with Crippen molar-refractivity contribution >= 4 is 6.09 Å². The molecule has 1 aliphatic rings. The van der Waals surface area contributed by atoms with Gasteiger partial charge in [-0.05, 0) is 12.8 Å². The first-order chi connectivity index (χ1) is 5.33. The molecule has 0 aromatic rings. The molecule has 11 heavy (non-hydrogen) atoms. The van der Waals surface area contributed by atoms with Crippen LogP contribution in [0.4, 0.5) is 4.79 Å². The van der Waals surface area contributed by atoms with Gasteiger partial charge >= 0.3 is 6.09 Å². The van der Waals surface area contributed by atoms with Crippen molar-refractivity contribution in [2.24, 2.45) is 0 Å². The van der Waals surface area contributed by atoms with Crippen molar-refractivity contribution in [2.75, 3.05) is 13.2 Å². The Kier molecular flexibility index (Phi) is 3.16.